The molecule has 1 aromatic carbocycles. The maximum atomic E-state index is 14.0. The van der Waals surface area contributed by atoms with Crippen LogP contribution in [-0.2, 0) is 19.1 Å². The van der Waals surface area contributed by atoms with Gasteiger partial charge >= 0.3 is 6.09 Å². The fourth-order valence-electron chi connectivity index (χ4n) is 5.82. The lowest BCUT2D eigenvalue weighted by Gasteiger charge is -2.31. The molecule has 198 valence electrons. The summed E-state index contributed by atoms with van der Waals surface area (Å²) < 4.78 is 24.7. The number of halogens is 1. The average molecular weight is 523 g/mol. The first-order valence-electron chi connectivity index (χ1n) is 12.3. The number of carbonyl (C=O) groups is 3. The minimum Gasteiger partial charge on any atom is -0.505 e. The number of methoxy groups -OCH3 is 1. The first-order valence-corrected chi connectivity index (χ1v) is 12.3. The number of aliphatic hydroxyl groups is 1. The van der Waals surface area contributed by atoms with Crippen molar-refractivity contribution in [2.75, 3.05) is 20.3 Å². The molecule has 0 unspecified atom stereocenters. The summed E-state index contributed by atoms with van der Waals surface area (Å²) in [5, 5.41) is 19.7. The summed E-state index contributed by atoms with van der Waals surface area (Å²) in [5.41, 5.74) is 3.51. The van der Waals surface area contributed by atoms with Gasteiger partial charge in [0.1, 0.15) is 0 Å². The third kappa shape index (κ3) is 4.50. The first-order chi connectivity index (χ1) is 18.3. The van der Waals surface area contributed by atoms with E-state index >= 15 is 0 Å². The number of likely N-dealkylation sites (tertiary alicyclic amines) is 1. The van der Waals surface area contributed by atoms with Crippen LogP contribution in [0, 0.1) is 23.6 Å². The molecule has 3 amide bonds. The standard InChI is InChI=1S/C28H27FN2O7/c1-37-28(36)31-26(34)18-12-17(13-32)24-19(25(18)27(31)35)14-38-23(24)8-6-16(21-4-2-3-9-30-21)10-15-5-7-22(33)20(29)11-15/h2-5,7,9-11,18-19,23,25,32-33H,6,8,12-14H2,1H3/b16-10-/t18-,19+,23-,25-/m1/s1. The molecule has 1 aliphatic carbocycles. The van der Waals surface area contributed by atoms with Crippen LogP contribution >= 0.6 is 0 Å². The summed E-state index contributed by atoms with van der Waals surface area (Å²) in [6.07, 6.45) is 3.16. The number of benzene rings is 1. The molecule has 2 aliphatic heterocycles. The third-order valence-electron chi connectivity index (χ3n) is 7.54. The summed E-state index contributed by atoms with van der Waals surface area (Å²) in [6, 6.07) is 9.61. The van der Waals surface area contributed by atoms with Crippen molar-refractivity contribution in [3.8, 4) is 5.75 Å². The van der Waals surface area contributed by atoms with Crippen molar-refractivity contribution in [3.05, 3.63) is 70.8 Å². The Morgan fingerprint density at radius 3 is 2.74 bits per heavy atom. The smallest absolute Gasteiger partial charge is 0.423 e. The van der Waals surface area contributed by atoms with Gasteiger partial charge in [0.15, 0.2) is 11.6 Å². The quantitative estimate of drug-likeness (QED) is 0.437. The second kappa shape index (κ2) is 10.5. The van der Waals surface area contributed by atoms with Gasteiger partial charge in [0.2, 0.25) is 11.8 Å². The average Bonchev–Trinajstić information content (AvgIpc) is 3.46. The molecule has 2 saturated heterocycles. The Morgan fingerprint density at radius 2 is 2.05 bits per heavy atom. The number of amides is 3. The van der Waals surface area contributed by atoms with Gasteiger partial charge in [-0.05, 0) is 71.9 Å². The number of phenols is 1. The third-order valence-corrected chi connectivity index (χ3v) is 7.54. The zero-order valence-electron chi connectivity index (χ0n) is 20.7. The van der Waals surface area contributed by atoms with Gasteiger partial charge in [0.25, 0.3) is 0 Å². The number of fused-ring (bicyclic) bond motifs is 3. The Bertz CT molecular complexity index is 1340. The number of allylic oxidation sites excluding steroid dienone is 1. The molecule has 3 aliphatic rings. The van der Waals surface area contributed by atoms with E-state index in [4.69, 9.17) is 4.74 Å². The highest BCUT2D eigenvalue weighted by molar-refractivity contribution is 6.16. The lowest BCUT2D eigenvalue weighted by molar-refractivity contribution is -0.137. The number of hydrogen-bond donors (Lipinski definition) is 2. The minimum absolute atomic E-state index is 0.167. The van der Waals surface area contributed by atoms with Crippen LogP contribution in [0.1, 0.15) is 30.5 Å². The number of carbonyl (C=O) groups excluding carboxylic acids is 3. The molecule has 0 spiro atoms. The van der Waals surface area contributed by atoms with Crippen molar-refractivity contribution in [3.63, 3.8) is 0 Å². The van der Waals surface area contributed by atoms with Gasteiger partial charge in [-0.3, -0.25) is 14.6 Å². The Labute approximate surface area is 218 Å². The molecular weight excluding hydrogens is 495 g/mol. The molecule has 10 heteroatoms. The highest BCUT2D eigenvalue weighted by Gasteiger charge is 2.58. The number of ether oxygens (including phenoxy) is 2. The van der Waals surface area contributed by atoms with E-state index < -0.39 is 53.3 Å². The summed E-state index contributed by atoms with van der Waals surface area (Å²) >= 11 is 0. The highest BCUT2D eigenvalue weighted by Crippen LogP contribution is 2.50. The number of rotatable bonds is 6. The number of aliphatic hydroxyl groups excluding tert-OH is 1. The van der Waals surface area contributed by atoms with Crippen molar-refractivity contribution in [1.82, 2.24) is 9.88 Å². The lowest BCUT2D eigenvalue weighted by Crippen LogP contribution is -2.38. The molecule has 4 atom stereocenters. The Hall–Kier alpha value is -3.89. The van der Waals surface area contributed by atoms with Crippen molar-refractivity contribution in [2.24, 2.45) is 17.8 Å². The van der Waals surface area contributed by atoms with E-state index in [-0.39, 0.29) is 19.6 Å². The van der Waals surface area contributed by atoms with Crippen LogP contribution in [-0.4, -0.2) is 64.4 Å². The molecule has 0 saturated carbocycles. The second-order valence-electron chi connectivity index (χ2n) is 9.60. The first kappa shape index (κ1) is 25.7. The van der Waals surface area contributed by atoms with E-state index in [1.807, 2.05) is 12.1 Å². The number of pyridine rings is 1. The largest absolute Gasteiger partial charge is 0.505 e. The molecular formula is C28H27FN2O7. The maximum Gasteiger partial charge on any atom is 0.423 e. The molecule has 0 radical (unpaired) electrons. The molecule has 9 nitrogen and oxygen atoms in total. The van der Waals surface area contributed by atoms with Crippen LogP contribution in [0.4, 0.5) is 9.18 Å². The fraction of sp³-hybridized carbons (Fsp3) is 0.357. The Kier molecular flexibility index (Phi) is 7.09. The molecule has 2 N–H and O–H groups in total. The number of aromatic hydroxyl groups is 1. The SMILES string of the molecule is COC(=O)N1C(=O)[C@@H]2[C@@H](CC(CO)=C3[C@@H](CC/C(=C/c4ccc(O)c(F)c4)c4ccccn4)OC[C@@H]32)C1=O. The lowest BCUT2D eigenvalue weighted by atomic mass is 9.69. The van der Waals surface area contributed by atoms with Crippen LogP contribution in [0.15, 0.2) is 53.7 Å². The van der Waals surface area contributed by atoms with Gasteiger partial charge in [-0.15, -0.1) is 0 Å². The zero-order valence-corrected chi connectivity index (χ0v) is 20.7. The van der Waals surface area contributed by atoms with Crippen molar-refractivity contribution in [1.29, 1.82) is 0 Å². The van der Waals surface area contributed by atoms with Gasteiger partial charge in [0, 0.05) is 12.1 Å². The van der Waals surface area contributed by atoms with Crippen LogP contribution < -0.4 is 0 Å². The number of hydrogen-bond acceptors (Lipinski definition) is 8. The molecule has 2 fully saturated rings. The normalized spacial score (nSPS) is 25.0. The van der Waals surface area contributed by atoms with Crippen molar-refractivity contribution < 1.29 is 38.5 Å². The van der Waals surface area contributed by atoms with E-state index in [9.17, 15) is 29.0 Å². The fourth-order valence-corrected chi connectivity index (χ4v) is 5.82. The van der Waals surface area contributed by atoms with Gasteiger partial charge < -0.3 is 19.7 Å². The summed E-state index contributed by atoms with van der Waals surface area (Å²) in [6.45, 7) is -0.102. The van der Waals surface area contributed by atoms with Gasteiger partial charge in [-0.25, -0.2) is 9.18 Å². The van der Waals surface area contributed by atoms with Crippen LogP contribution in [0.3, 0.4) is 0 Å². The van der Waals surface area contributed by atoms with E-state index in [2.05, 4.69) is 9.72 Å². The zero-order chi connectivity index (χ0) is 27.0. The molecule has 5 rings (SSSR count). The van der Waals surface area contributed by atoms with Crippen molar-refractivity contribution >= 4 is 29.6 Å². The minimum atomic E-state index is -1.01. The predicted octanol–water partition coefficient (Wildman–Crippen LogP) is 3.32. The number of nitrogens with zero attached hydrogens (tertiary/aromatic N) is 2. The Morgan fingerprint density at radius 1 is 1.24 bits per heavy atom. The highest BCUT2D eigenvalue weighted by atomic mass is 19.1. The van der Waals surface area contributed by atoms with E-state index in [1.165, 1.54) is 12.1 Å². The molecule has 3 heterocycles. The van der Waals surface area contributed by atoms with E-state index in [0.717, 1.165) is 18.3 Å². The van der Waals surface area contributed by atoms with Crippen LogP contribution in [0.5, 0.6) is 5.75 Å². The number of aromatic nitrogens is 1. The van der Waals surface area contributed by atoms with Crippen LogP contribution in [0.25, 0.3) is 11.6 Å². The predicted molar refractivity (Wildman–Crippen MR) is 133 cm³/mol. The number of phenolic OH excluding ortho intramolecular Hbond substituents is 1. The van der Waals surface area contributed by atoms with E-state index in [1.54, 1.807) is 24.4 Å². The van der Waals surface area contributed by atoms with Crippen LogP contribution in [0.2, 0.25) is 0 Å². The van der Waals surface area contributed by atoms with Gasteiger partial charge in [-0.2, -0.15) is 4.90 Å². The summed E-state index contributed by atoms with van der Waals surface area (Å²) in [5.74, 6) is -4.29. The molecule has 1 aromatic heterocycles. The summed E-state index contributed by atoms with van der Waals surface area (Å²) in [7, 11) is 1.11. The monoisotopic (exact) mass is 522 g/mol. The number of imide groups is 3. The van der Waals surface area contributed by atoms with Crippen molar-refractivity contribution in [2.45, 2.75) is 25.4 Å². The van der Waals surface area contributed by atoms with E-state index in [0.29, 0.717) is 34.6 Å². The maximum absolute atomic E-state index is 14.0. The van der Waals surface area contributed by atoms with Gasteiger partial charge in [-0.1, -0.05) is 12.1 Å². The molecule has 38 heavy (non-hydrogen) atoms. The molecule has 2 aromatic rings. The van der Waals surface area contributed by atoms with Gasteiger partial charge in [0.05, 0.1) is 44.0 Å². The molecule has 0 bridgehead atoms. The second-order valence-corrected chi connectivity index (χ2v) is 9.60. The summed E-state index contributed by atoms with van der Waals surface area (Å²) in [4.78, 5) is 43.1. The topological polar surface area (TPSA) is 126 Å². The Balaban J connectivity index is 1.41.